The average molecular weight is 178 g/mol. The van der Waals surface area contributed by atoms with Crippen molar-refractivity contribution in [1.29, 1.82) is 0 Å². The van der Waals surface area contributed by atoms with E-state index in [0.717, 1.165) is 5.56 Å². The molecular weight excluding hydrogens is 166 g/mol. The van der Waals surface area contributed by atoms with Crippen molar-refractivity contribution in [1.82, 2.24) is 5.32 Å². The minimum absolute atomic E-state index is 0.425. The van der Waals surface area contributed by atoms with Gasteiger partial charge in [0.05, 0.1) is 0 Å². The summed E-state index contributed by atoms with van der Waals surface area (Å²) in [7, 11) is 0. The molecule has 0 saturated carbocycles. The molecule has 1 N–H and O–H groups in total. The second kappa shape index (κ2) is 5.19. The Labute approximate surface area is 77.7 Å². The van der Waals surface area contributed by atoms with Crippen LogP contribution < -0.4 is 5.32 Å². The van der Waals surface area contributed by atoms with Crippen molar-refractivity contribution >= 4 is 6.09 Å². The summed E-state index contributed by atoms with van der Waals surface area (Å²) in [5, 5.41) is 2.61. The molecule has 1 aromatic rings. The molecule has 69 valence electrons. The van der Waals surface area contributed by atoms with Crippen molar-refractivity contribution in [3.8, 4) is 0 Å². The summed E-state index contributed by atoms with van der Waals surface area (Å²) in [6.45, 7) is 3.50. The Morgan fingerprint density at radius 3 is 2.77 bits per heavy atom. The van der Waals surface area contributed by atoms with Gasteiger partial charge in [-0.15, -0.1) is 0 Å². The third-order valence-electron chi connectivity index (χ3n) is 1.50. The molecule has 0 aliphatic heterocycles. The molecule has 0 unspecified atom stereocenters. The summed E-state index contributed by atoms with van der Waals surface area (Å²) < 4.78 is 4.59. The van der Waals surface area contributed by atoms with Gasteiger partial charge in [-0.1, -0.05) is 30.3 Å². The summed E-state index contributed by atoms with van der Waals surface area (Å²) in [6, 6.07) is 9.66. The number of ether oxygens (including phenoxy) is 1. The molecule has 0 aliphatic carbocycles. The SMILES string of the molecule is C[CH]OC(=O)NCc1ccccc1. The van der Waals surface area contributed by atoms with E-state index < -0.39 is 6.09 Å². The first kappa shape index (κ1) is 9.58. The van der Waals surface area contributed by atoms with Crippen LogP contribution in [-0.2, 0) is 11.3 Å². The van der Waals surface area contributed by atoms with Crippen LogP contribution in [0.1, 0.15) is 12.5 Å². The van der Waals surface area contributed by atoms with Crippen LogP contribution in [0.3, 0.4) is 0 Å². The lowest BCUT2D eigenvalue weighted by molar-refractivity contribution is 0.172. The molecule has 0 saturated heterocycles. The number of rotatable bonds is 3. The number of carbonyl (C=O) groups is 1. The van der Waals surface area contributed by atoms with E-state index >= 15 is 0 Å². The van der Waals surface area contributed by atoms with Gasteiger partial charge in [-0.05, 0) is 12.5 Å². The van der Waals surface area contributed by atoms with E-state index in [4.69, 9.17) is 0 Å². The first-order valence-electron chi connectivity index (χ1n) is 4.09. The highest BCUT2D eigenvalue weighted by molar-refractivity contribution is 5.67. The van der Waals surface area contributed by atoms with Gasteiger partial charge in [0.15, 0.2) is 0 Å². The molecule has 0 aliphatic rings. The molecule has 3 nitrogen and oxygen atoms in total. The highest BCUT2D eigenvalue weighted by Gasteiger charge is 1.98. The lowest BCUT2D eigenvalue weighted by atomic mass is 10.2. The predicted molar refractivity (Wildman–Crippen MR) is 49.7 cm³/mol. The number of hydrogen-bond acceptors (Lipinski definition) is 2. The first-order chi connectivity index (χ1) is 6.33. The van der Waals surface area contributed by atoms with Gasteiger partial charge in [-0.3, -0.25) is 0 Å². The van der Waals surface area contributed by atoms with Crippen LogP contribution in [0.4, 0.5) is 4.79 Å². The van der Waals surface area contributed by atoms with Crippen LogP contribution in [0.5, 0.6) is 0 Å². The van der Waals surface area contributed by atoms with Crippen LogP contribution in [-0.4, -0.2) is 6.09 Å². The normalized spacial score (nSPS) is 9.31. The molecule has 0 fully saturated rings. The third-order valence-corrected chi connectivity index (χ3v) is 1.50. The van der Waals surface area contributed by atoms with Gasteiger partial charge in [0, 0.05) is 6.54 Å². The van der Waals surface area contributed by atoms with Gasteiger partial charge in [-0.25, -0.2) is 4.79 Å². The van der Waals surface area contributed by atoms with Crippen molar-refractivity contribution in [2.45, 2.75) is 13.5 Å². The van der Waals surface area contributed by atoms with Crippen molar-refractivity contribution in [2.75, 3.05) is 0 Å². The van der Waals surface area contributed by atoms with Crippen LogP contribution in [0.2, 0.25) is 0 Å². The summed E-state index contributed by atoms with van der Waals surface area (Å²) in [5.41, 5.74) is 1.05. The Hall–Kier alpha value is -1.51. The minimum Gasteiger partial charge on any atom is -0.443 e. The maximum Gasteiger partial charge on any atom is 0.407 e. The number of nitrogens with one attached hydrogen (secondary N) is 1. The van der Waals surface area contributed by atoms with Gasteiger partial charge >= 0.3 is 6.09 Å². The maximum absolute atomic E-state index is 10.9. The van der Waals surface area contributed by atoms with Crippen molar-refractivity contribution in [3.05, 3.63) is 42.5 Å². The van der Waals surface area contributed by atoms with E-state index in [0.29, 0.717) is 6.54 Å². The van der Waals surface area contributed by atoms with Crippen LogP contribution >= 0.6 is 0 Å². The Morgan fingerprint density at radius 1 is 1.46 bits per heavy atom. The number of hydrogen-bond donors (Lipinski definition) is 1. The fourth-order valence-corrected chi connectivity index (χ4v) is 0.919. The molecular formula is C10H12NO2. The summed E-state index contributed by atoms with van der Waals surface area (Å²) >= 11 is 0. The molecule has 1 radical (unpaired) electrons. The van der Waals surface area contributed by atoms with E-state index in [-0.39, 0.29) is 0 Å². The van der Waals surface area contributed by atoms with Crippen LogP contribution in [0, 0.1) is 6.61 Å². The number of amides is 1. The second-order valence-corrected chi connectivity index (χ2v) is 2.48. The Kier molecular flexibility index (Phi) is 3.82. The standard InChI is InChI=1S/C10H12NO2/c1-2-13-10(12)11-8-9-6-4-3-5-7-9/h2-7H,8H2,1H3,(H,11,12). The van der Waals surface area contributed by atoms with E-state index in [1.165, 1.54) is 6.61 Å². The zero-order valence-electron chi connectivity index (χ0n) is 7.49. The zero-order valence-corrected chi connectivity index (χ0v) is 7.49. The highest BCUT2D eigenvalue weighted by atomic mass is 16.5. The quantitative estimate of drug-likeness (QED) is 0.769. The molecule has 1 amide bonds. The van der Waals surface area contributed by atoms with Gasteiger partial charge < -0.3 is 10.1 Å². The fourth-order valence-electron chi connectivity index (χ4n) is 0.919. The predicted octanol–water partition coefficient (Wildman–Crippen LogP) is 2.09. The third kappa shape index (κ3) is 3.60. The molecule has 0 heterocycles. The molecule has 13 heavy (non-hydrogen) atoms. The minimum atomic E-state index is -0.425. The average Bonchev–Trinajstić information content (AvgIpc) is 2.17. The molecule has 1 rings (SSSR count). The zero-order chi connectivity index (χ0) is 9.52. The van der Waals surface area contributed by atoms with Gasteiger partial charge in [0.25, 0.3) is 0 Å². The molecule has 1 aromatic carbocycles. The van der Waals surface area contributed by atoms with Crippen molar-refractivity contribution in [3.63, 3.8) is 0 Å². The Morgan fingerprint density at radius 2 is 2.15 bits per heavy atom. The lowest BCUT2D eigenvalue weighted by Gasteiger charge is -2.03. The van der Waals surface area contributed by atoms with E-state index in [2.05, 4.69) is 10.1 Å². The Balaban J connectivity index is 2.31. The van der Waals surface area contributed by atoms with Crippen molar-refractivity contribution < 1.29 is 9.53 Å². The number of carbonyl (C=O) groups excluding carboxylic acids is 1. The van der Waals surface area contributed by atoms with Crippen LogP contribution in [0.15, 0.2) is 30.3 Å². The largest absolute Gasteiger partial charge is 0.443 e. The lowest BCUT2D eigenvalue weighted by Crippen LogP contribution is -2.22. The Bertz CT molecular complexity index is 259. The molecule has 0 spiro atoms. The van der Waals surface area contributed by atoms with Gasteiger partial charge in [-0.2, -0.15) is 0 Å². The van der Waals surface area contributed by atoms with E-state index in [1.54, 1.807) is 6.92 Å². The summed E-state index contributed by atoms with van der Waals surface area (Å²) in [5.74, 6) is 0. The number of benzene rings is 1. The summed E-state index contributed by atoms with van der Waals surface area (Å²) in [6.07, 6.45) is -0.425. The molecule has 0 bridgehead atoms. The van der Waals surface area contributed by atoms with E-state index in [1.807, 2.05) is 30.3 Å². The number of alkyl carbamates (subject to hydrolysis) is 1. The van der Waals surface area contributed by atoms with Gasteiger partial charge in [0.1, 0.15) is 6.61 Å². The topological polar surface area (TPSA) is 38.3 Å². The molecule has 0 atom stereocenters. The monoisotopic (exact) mass is 178 g/mol. The van der Waals surface area contributed by atoms with Gasteiger partial charge in [0.2, 0.25) is 0 Å². The maximum atomic E-state index is 10.9. The second-order valence-electron chi connectivity index (χ2n) is 2.48. The smallest absolute Gasteiger partial charge is 0.407 e. The van der Waals surface area contributed by atoms with Crippen LogP contribution in [0.25, 0.3) is 0 Å². The van der Waals surface area contributed by atoms with E-state index in [9.17, 15) is 4.79 Å². The highest BCUT2D eigenvalue weighted by Crippen LogP contribution is 1.97. The fraction of sp³-hybridized carbons (Fsp3) is 0.200. The first-order valence-corrected chi connectivity index (χ1v) is 4.09. The molecule has 3 heteroatoms. The van der Waals surface area contributed by atoms with Crippen molar-refractivity contribution in [2.24, 2.45) is 0 Å². The summed E-state index contributed by atoms with van der Waals surface area (Å²) in [4.78, 5) is 10.9. The molecule has 0 aromatic heterocycles.